The maximum Gasteiger partial charge on any atom is 0.100 e. The summed E-state index contributed by atoms with van der Waals surface area (Å²) in [5, 5.41) is 1.29. The first-order valence-corrected chi connectivity index (χ1v) is 11.1. The molecule has 0 spiro atoms. The third-order valence-corrected chi connectivity index (χ3v) is 10.6. The van der Waals surface area contributed by atoms with E-state index in [1.807, 2.05) is 30.3 Å². The Balaban J connectivity index is 0.00000288. The fourth-order valence-electron chi connectivity index (χ4n) is 3.24. The molecule has 0 saturated heterocycles. The first kappa shape index (κ1) is 20.7. The third kappa shape index (κ3) is 4.62. The Kier molecular flexibility index (Phi) is 8.52. The van der Waals surface area contributed by atoms with Gasteiger partial charge in [-0.3, -0.25) is 0 Å². The summed E-state index contributed by atoms with van der Waals surface area (Å²) >= 11 is 0. The molecule has 1 nitrogen and oxygen atoms in total. The summed E-state index contributed by atoms with van der Waals surface area (Å²) in [6.45, 7) is 6.82. The molecule has 0 atom stereocenters. The predicted molar refractivity (Wildman–Crippen MR) is 101 cm³/mol. The number of hydrogen-bond acceptors (Lipinski definition) is 1. The van der Waals surface area contributed by atoms with E-state index in [2.05, 4.69) is 51.1 Å². The van der Waals surface area contributed by atoms with Crippen LogP contribution in [-0.2, 0) is 19.5 Å². The van der Waals surface area contributed by atoms with Gasteiger partial charge in [0, 0.05) is 19.5 Å². The topological polar surface area (TPSA) is 17.1 Å². The van der Waals surface area contributed by atoms with Gasteiger partial charge in [-0.1, -0.05) is 80.5 Å². The molecular formula is C21H25ORhSi-. The van der Waals surface area contributed by atoms with Crippen molar-refractivity contribution in [3.05, 3.63) is 77.9 Å². The molecule has 2 aromatic rings. The molecule has 1 radical (unpaired) electrons. The van der Waals surface area contributed by atoms with E-state index in [9.17, 15) is 4.79 Å². The summed E-state index contributed by atoms with van der Waals surface area (Å²) in [6, 6.07) is 24.4. The van der Waals surface area contributed by atoms with Crippen LogP contribution in [0.15, 0.2) is 60.7 Å². The molecule has 129 valence electrons. The van der Waals surface area contributed by atoms with Gasteiger partial charge in [0.15, 0.2) is 0 Å². The summed E-state index contributed by atoms with van der Waals surface area (Å²) in [5.41, 5.74) is 1.85. The second-order valence-corrected chi connectivity index (χ2v) is 11.1. The fraction of sp³-hybridized carbons (Fsp3) is 0.286. The van der Waals surface area contributed by atoms with Gasteiger partial charge in [0.25, 0.3) is 0 Å². The van der Waals surface area contributed by atoms with Crippen LogP contribution >= 0.6 is 0 Å². The van der Waals surface area contributed by atoms with Gasteiger partial charge < -0.3 is 4.79 Å². The van der Waals surface area contributed by atoms with Crippen LogP contribution < -0.4 is 0 Å². The van der Waals surface area contributed by atoms with E-state index < -0.39 is 8.07 Å². The van der Waals surface area contributed by atoms with Crippen LogP contribution in [0, 0.1) is 6.07 Å². The SMILES string of the molecule is CC[Si](CC)(CC)/C(=C\C(=O)c1[c-]cccc1)c1ccccc1.[Rh]. The van der Waals surface area contributed by atoms with E-state index in [1.165, 1.54) is 10.8 Å². The monoisotopic (exact) mass is 424 g/mol. The molecule has 0 bridgehead atoms. The van der Waals surface area contributed by atoms with Crippen LogP contribution in [0.3, 0.4) is 0 Å². The maximum absolute atomic E-state index is 12.7. The minimum absolute atomic E-state index is 0. The fourth-order valence-corrected chi connectivity index (χ4v) is 7.10. The van der Waals surface area contributed by atoms with E-state index in [4.69, 9.17) is 0 Å². The van der Waals surface area contributed by atoms with Crippen molar-refractivity contribution >= 4 is 19.1 Å². The molecule has 0 heterocycles. The van der Waals surface area contributed by atoms with E-state index in [0.717, 1.165) is 18.1 Å². The summed E-state index contributed by atoms with van der Waals surface area (Å²) in [4.78, 5) is 12.7. The zero-order valence-corrected chi connectivity index (χ0v) is 17.3. The molecule has 0 unspecified atom stereocenters. The third-order valence-electron chi connectivity index (χ3n) is 4.94. The molecule has 0 N–H and O–H groups in total. The molecule has 3 heteroatoms. The first-order valence-electron chi connectivity index (χ1n) is 8.45. The van der Waals surface area contributed by atoms with E-state index in [-0.39, 0.29) is 25.3 Å². The maximum atomic E-state index is 12.7. The van der Waals surface area contributed by atoms with Crippen molar-refractivity contribution in [1.82, 2.24) is 0 Å². The van der Waals surface area contributed by atoms with Crippen LogP contribution in [0.1, 0.15) is 36.7 Å². The number of rotatable bonds is 7. The molecule has 0 aromatic heterocycles. The van der Waals surface area contributed by atoms with Crippen LogP contribution in [0.5, 0.6) is 0 Å². The molecule has 0 aliphatic carbocycles. The Labute approximate surface area is 160 Å². The van der Waals surface area contributed by atoms with Crippen molar-refractivity contribution in [2.75, 3.05) is 0 Å². The second-order valence-electron chi connectivity index (χ2n) is 5.91. The van der Waals surface area contributed by atoms with E-state index in [0.29, 0.717) is 5.56 Å². The van der Waals surface area contributed by atoms with Gasteiger partial charge in [0.1, 0.15) is 5.78 Å². The molecule has 0 fully saturated rings. The standard InChI is InChI=1S/C21H25OSi.Rh/c1-4-23(5-2,6-3)21(19-15-11-8-12-16-19)17-20(22)18-13-9-7-10-14-18;/h7-13,15-17H,4-6H2,1-3H3;/q-1;/b21-17-;. The Bertz CT molecular complexity index is 652. The summed E-state index contributed by atoms with van der Waals surface area (Å²) in [7, 11) is -1.66. The normalized spacial score (nSPS) is 11.7. The minimum Gasteiger partial charge on any atom is -0.347 e. The largest absolute Gasteiger partial charge is 0.347 e. The van der Waals surface area contributed by atoms with Gasteiger partial charge in [-0.2, -0.15) is 0 Å². The van der Waals surface area contributed by atoms with Crippen LogP contribution in [0.4, 0.5) is 0 Å². The average molecular weight is 424 g/mol. The van der Waals surface area contributed by atoms with E-state index in [1.54, 1.807) is 6.07 Å². The summed E-state index contributed by atoms with van der Waals surface area (Å²) < 4.78 is 0. The quantitative estimate of drug-likeness (QED) is 0.238. The van der Waals surface area contributed by atoms with Gasteiger partial charge in [-0.05, 0) is 5.56 Å². The molecule has 2 rings (SSSR count). The number of ketones is 1. The Morgan fingerprint density at radius 1 is 0.958 bits per heavy atom. The number of hydrogen-bond donors (Lipinski definition) is 0. The molecule has 0 aliphatic heterocycles. The van der Waals surface area contributed by atoms with Gasteiger partial charge in [0.2, 0.25) is 0 Å². The minimum atomic E-state index is -1.66. The molecule has 0 aliphatic rings. The van der Waals surface area contributed by atoms with Crippen molar-refractivity contribution < 1.29 is 24.3 Å². The molecule has 0 amide bonds. The Hall–Kier alpha value is -1.31. The zero-order valence-electron chi connectivity index (χ0n) is 14.6. The number of benzene rings is 2. The zero-order chi connectivity index (χ0) is 16.7. The predicted octanol–water partition coefficient (Wildman–Crippen LogP) is 5.80. The molecule has 2 aromatic carbocycles. The first-order chi connectivity index (χ1) is 11.2. The van der Waals surface area contributed by atoms with E-state index >= 15 is 0 Å². The summed E-state index contributed by atoms with van der Waals surface area (Å²) in [6.07, 6.45) is 1.89. The smallest absolute Gasteiger partial charge is 0.100 e. The van der Waals surface area contributed by atoms with Gasteiger partial charge in [0.05, 0.1) is 8.07 Å². The molecule has 0 saturated carbocycles. The van der Waals surface area contributed by atoms with Crippen molar-refractivity contribution in [2.45, 2.75) is 38.9 Å². The molecular weight excluding hydrogens is 399 g/mol. The number of carbonyl (C=O) groups is 1. The van der Waals surface area contributed by atoms with Crippen molar-refractivity contribution in [3.8, 4) is 0 Å². The van der Waals surface area contributed by atoms with Gasteiger partial charge in [-0.25, -0.2) is 0 Å². The number of allylic oxidation sites excluding steroid dienone is 1. The van der Waals surface area contributed by atoms with Gasteiger partial charge in [-0.15, -0.1) is 35.9 Å². The Morgan fingerprint density at radius 2 is 1.54 bits per heavy atom. The second kappa shape index (κ2) is 9.86. The van der Waals surface area contributed by atoms with Crippen LogP contribution in [0.25, 0.3) is 5.20 Å². The van der Waals surface area contributed by atoms with Crippen LogP contribution in [0.2, 0.25) is 18.1 Å². The average Bonchev–Trinajstić information content (AvgIpc) is 2.64. The molecule has 24 heavy (non-hydrogen) atoms. The number of carbonyl (C=O) groups excluding carboxylic acids is 1. The van der Waals surface area contributed by atoms with Crippen molar-refractivity contribution in [3.63, 3.8) is 0 Å². The summed E-state index contributed by atoms with van der Waals surface area (Å²) in [5.74, 6) is 0.0664. The Morgan fingerprint density at radius 3 is 2.04 bits per heavy atom. The van der Waals surface area contributed by atoms with Crippen molar-refractivity contribution in [2.24, 2.45) is 0 Å². The van der Waals surface area contributed by atoms with Gasteiger partial charge >= 0.3 is 0 Å². The van der Waals surface area contributed by atoms with Crippen molar-refractivity contribution in [1.29, 1.82) is 0 Å². The van der Waals surface area contributed by atoms with Crippen LogP contribution in [-0.4, -0.2) is 13.9 Å².